The number of ether oxygens (including phenoxy) is 1. The number of nitro groups is 1. The first-order valence-electron chi connectivity index (χ1n) is 5.52. The summed E-state index contributed by atoms with van der Waals surface area (Å²) < 4.78 is 5.22. The topological polar surface area (TPSA) is 110 Å². The zero-order valence-corrected chi connectivity index (χ0v) is 10.6. The molecule has 0 amide bonds. The van der Waals surface area contributed by atoms with Crippen molar-refractivity contribution in [2.24, 2.45) is 5.41 Å². The number of nitro benzene ring substituents is 1. The zero-order valence-electron chi connectivity index (χ0n) is 10.6. The van der Waals surface area contributed by atoms with E-state index in [1.807, 2.05) is 0 Å². The Morgan fingerprint density at radius 3 is 2.58 bits per heavy atom. The minimum absolute atomic E-state index is 0.0171. The Labute approximate surface area is 109 Å². The molecule has 0 bridgehead atoms. The molecule has 0 radical (unpaired) electrons. The van der Waals surface area contributed by atoms with Crippen LogP contribution in [-0.4, -0.2) is 27.7 Å². The SMILES string of the molecule is CC(C)(COc1ccc(CO)cc1[N+](=O)[O-])C(=O)O. The molecule has 1 aromatic carbocycles. The molecule has 0 saturated heterocycles. The monoisotopic (exact) mass is 269 g/mol. The maximum atomic E-state index is 10.9. The fraction of sp³-hybridized carbons (Fsp3) is 0.417. The summed E-state index contributed by atoms with van der Waals surface area (Å²) in [6, 6.07) is 4.03. The molecule has 1 rings (SSSR count). The van der Waals surface area contributed by atoms with Gasteiger partial charge in [-0.3, -0.25) is 14.9 Å². The quantitative estimate of drug-likeness (QED) is 0.599. The lowest BCUT2D eigenvalue weighted by Crippen LogP contribution is -2.30. The van der Waals surface area contributed by atoms with Crippen LogP contribution in [0.15, 0.2) is 18.2 Å². The summed E-state index contributed by atoms with van der Waals surface area (Å²) in [5, 5.41) is 28.7. The van der Waals surface area contributed by atoms with Crippen molar-refractivity contribution in [3.8, 4) is 5.75 Å². The highest BCUT2D eigenvalue weighted by Gasteiger charge is 2.29. The maximum Gasteiger partial charge on any atom is 0.312 e. The van der Waals surface area contributed by atoms with Crippen molar-refractivity contribution in [2.75, 3.05) is 6.61 Å². The second kappa shape index (κ2) is 5.66. The minimum Gasteiger partial charge on any atom is -0.486 e. The van der Waals surface area contributed by atoms with Crippen LogP contribution in [0.2, 0.25) is 0 Å². The first kappa shape index (κ1) is 14.9. The molecule has 7 heteroatoms. The third kappa shape index (κ3) is 3.65. The molecule has 0 fully saturated rings. The van der Waals surface area contributed by atoms with Crippen molar-refractivity contribution >= 4 is 11.7 Å². The minimum atomic E-state index is -1.15. The molecular formula is C12H15NO6. The van der Waals surface area contributed by atoms with Crippen LogP contribution in [0.1, 0.15) is 19.4 Å². The van der Waals surface area contributed by atoms with Crippen molar-refractivity contribution in [1.82, 2.24) is 0 Å². The smallest absolute Gasteiger partial charge is 0.312 e. The van der Waals surface area contributed by atoms with Gasteiger partial charge in [-0.2, -0.15) is 0 Å². The Balaban J connectivity index is 2.95. The van der Waals surface area contributed by atoms with E-state index in [9.17, 15) is 14.9 Å². The van der Waals surface area contributed by atoms with Gasteiger partial charge in [0.25, 0.3) is 0 Å². The summed E-state index contributed by atoms with van der Waals surface area (Å²) in [7, 11) is 0. The Bertz CT molecular complexity index is 497. The van der Waals surface area contributed by atoms with Crippen molar-refractivity contribution in [2.45, 2.75) is 20.5 Å². The number of aliphatic carboxylic acids is 1. The Hall–Kier alpha value is -2.15. The van der Waals surface area contributed by atoms with Gasteiger partial charge in [0.15, 0.2) is 5.75 Å². The van der Waals surface area contributed by atoms with E-state index < -0.39 is 16.3 Å². The molecule has 0 aliphatic heterocycles. The molecule has 0 heterocycles. The lowest BCUT2D eigenvalue weighted by Gasteiger charge is -2.19. The molecule has 0 aromatic heterocycles. The summed E-state index contributed by atoms with van der Waals surface area (Å²) >= 11 is 0. The highest BCUT2D eigenvalue weighted by Crippen LogP contribution is 2.29. The van der Waals surface area contributed by atoms with Gasteiger partial charge in [0, 0.05) is 6.07 Å². The summed E-state index contributed by atoms with van der Waals surface area (Å²) in [5.41, 5.74) is -1.06. The van der Waals surface area contributed by atoms with E-state index in [0.29, 0.717) is 5.56 Å². The van der Waals surface area contributed by atoms with E-state index in [2.05, 4.69) is 0 Å². The van der Waals surface area contributed by atoms with Crippen molar-refractivity contribution < 1.29 is 24.7 Å². The number of rotatable bonds is 6. The Kier molecular flexibility index (Phi) is 4.44. The predicted octanol–water partition coefficient (Wildman–Crippen LogP) is 1.58. The predicted molar refractivity (Wildman–Crippen MR) is 65.9 cm³/mol. The normalized spacial score (nSPS) is 11.1. The molecule has 19 heavy (non-hydrogen) atoms. The number of carboxylic acids is 1. The van der Waals surface area contributed by atoms with Gasteiger partial charge < -0.3 is 14.9 Å². The summed E-state index contributed by atoms with van der Waals surface area (Å²) in [6.07, 6.45) is 0. The average Bonchev–Trinajstić information content (AvgIpc) is 2.35. The molecule has 7 nitrogen and oxygen atoms in total. The first-order chi connectivity index (χ1) is 8.77. The van der Waals surface area contributed by atoms with Crippen molar-refractivity contribution in [3.63, 3.8) is 0 Å². The van der Waals surface area contributed by atoms with Crippen molar-refractivity contribution in [1.29, 1.82) is 0 Å². The van der Waals surface area contributed by atoms with E-state index in [4.69, 9.17) is 14.9 Å². The van der Waals surface area contributed by atoms with Crippen LogP contribution in [0, 0.1) is 15.5 Å². The third-order valence-corrected chi connectivity index (χ3v) is 2.57. The van der Waals surface area contributed by atoms with Crippen LogP contribution in [0.4, 0.5) is 5.69 Å². The number of aliphatic hydroxyl groups is 1. The Morgan fingerprint density at radius 1 is 1.47 bits per heavy atom. The molecule has 0 unspecified atom stereocenters. The highest BCUT2D eigenvalue weighted by molar-refractivity contribution is 5.73. The molecule has 0 saturated carbocycles. The average molecular weight is 269 g/mol. The Morgan fingerprint density at radius 2 is 2.11 bits per heavy atom. The molecule has 0 atom stereocenters. The maximum absolute atomic E-state index is 10.9. The van der Waals surface area contributed by atoms with Gasteiger partial charge in [-0.05, 0) is 25.5 Å². The second-order valence-electron chi connectivity index (χ2n) is 4.70. The third-order valence-electron chi connectivity index (χ3n) is 2.57. The van der Waals surface area contributed by atoms with Crippen LogP contribution in [-0.2, 0) is 11.4 Å². The van der Waals surface area contributed by atoms with Gasteiger partial charge in [-0.1, -0.05) is 6.07 Å². The first-order valence-corrected chi connectivity index (χ1v) is 5.52. The fourth-order valence-corrected chi connectivity index (χ4v) is 1.25. The zero-order chi connectivity index (χ0) is 14.6. The van der Waals surface area contributed by atoms with Gasteiger partial charge in [0.2, 0.25) is 0 Å². The second-order valence-corrected chi connectivity index (χ2v) is 4.70. The van der Waals surface area contributed by atoms with Gasteiger partial charge in [-0.25, -0.2) is 0 Å². The van der Waals surface area contributed by atoms with Gasteiger partial charge >= 0.3 is 11.7 Å². The molecule has 2 N–H and O–H groups in total. The number of carboxylic acid groups (broad SMARTS) is 1. The number of hydrogen-bond acceptors (Lipinski definition) is 5. The number of carbonyl (C=O) groups is 1. The molecule has 0 spiro atoms. The van der Waals surface area contributed by atoms with Gasteiger partial charge in [0.05, 0.1) is 16.9 Å². The van der Waals surface area contributed by atoms with Gasteiger partial charge in [0.1, 0.15) is 6.61 Å². The van der Waals surface area contributed by atoms with Crippen molar-refractivity contribution in [3.05, 3.63) is 33.9 Å². The number of nitrogens with zero attached hydrogens (tertiary/aromatic N) is 1. The molecule has 0 aliphatic carbocycles. The molecular weight excluding hydrogens is 254 g/mol. The molecule has 1 aromatic rings. The van der Waals surface area contributed by atoms with Crippen LogP contribution in [0.25, 0.3) is 0 Å². The van der Waals surface area contributed by atoms with Crippen LogP contribution in [0.3, 0.4) is 0 Å². The standard InChI is InChI=1S/C12H15NO6/c1-12(2,11(15)16)7-19-10-4-3-8(6-14)5-9(10)13(17)18/h3-5,14H,6-7H2,1-2H3,(H,15,16). The van der Waals surface area contributed by atoms with E-state index in [-0.39, 0.29) is 24.7 Å². The van der Waals surface area contributed by atoms with Crippen LogP contribution >= 0.6 is 0 Å². The van der Waals surface area contributed by atoms with E-state index >= 15 is 0 Å². The number of aliphatic hydroxyl groups excluding tert-OH is 1. The van der Waals surface area contributed by atoms with Gasteiger partial charge in [-0.15, -0.1) is 0 Å². The summed E-state index contributed by atoms with van der Waals surface area (Å²) in [4.78, 5) is 21.2. The largest absolute Gasteiger partial charge is 0.486 e. The lowest BCUT2D eigenvalue weighted by molar-refractivity contribution is -0.386. The number of hydrogen-bond donors (Lipinski definition) is 2. The van der Waals surface area contributed by atoms with E-state index in [0.717, 1.165) is 0 Å². The number of benzene rings is 1. The summed E-state index contributed by atoms with van der Waals surface area (Å²) in [6.45, 7) is 2.41. The lowest BCUT2D eigenvalue weighted by atomic mass is 9.95. The van der Waals surface area contributed by atoms with E-state index in [1.54, 1.807) is 0 Å². The fourth-order valence-electron chi connectivity index (χ4n) is 1.25. The van der Waals surface area contributed by atoms with E-state index in [1.165, 1.54) is 32.0 Å². The summed E-state index contributed by atoms with van der Waals surface area (Å²) in [5.74, 6) is -1.07. The van der Waals surface area contributed by atoms with Crippen LogP contribution in [0.5, 0.6) is 5.75 Å². The highest BCUT2D eigenvalue weighted by atomic mass is 16.6. The molecule has 104 valence electrons. The van der Waals surface area contributed by atoms with Crippen LogP contribution < -0.4 is 4.74 Å². The molecule has 0 aliphatic rings.